The van der Waals surface area contributed by atoms with Crippen molar-refractivity contribution in [1.82, 2.24) is 4.98 Å². The van der Waals surface area contributed by atoms with Crippen molar-refractivity contribution in [2.45, 2.75) is 90.5 Å². The summed E-state index contributed by atoms with van der Waals surface area (Å²) in [6.45, 7) is 25.5. The predicted molar refractivity (Wildman–Crippen MR) is 130 cm³/mol. The molecule has 1 nitrogen and oxygen atoms in total. The van der Waals surface area contributed by atoms with Gasteiger partial charge in [-0.2, -0.15) is 0 Å². The number of hydrogen-bond donors (Lipinski definition) is 0. The third-order valence-corrected chi connectivity index (χ3v) is 1.23. The number of benzene rings is 1. The van der Waals surface area contributed by atoms with Crippen LogP contribution in [0.3, 0.4) is 0 Å². The molecule has 0 saturated carbocycles. The van der Waals surface area contributed by atoms with Crippen molar-refractivity contribution in [3.05, 3.63) is 67.0 Å². The van der Waals surface area contributed by atoms with Crippen LogP contribution in [-0.4, -0.2) is 4.98 Å². The van der Waals surface area contributed by atoms with E-state index in [1.54, 1.807) is 12.4 Å². The van der Waals surface area contributed by atoms with E-state index >= 15 is 0 Å². The summed E-state index contributed by atoms with van der Waals surface area (Å²) in [5.41, 5.74) is 1.00. The van der Waals surface area contributed by atoms with Crippen LogP contribution >= 0.6 is 0 Å². The molecule has 0 fully saturated rings. The van der Waals surface area contributed by atoms with Crippen LogP contribution in [0.15, 0.2) is 67.0 Å². The lowest BCUT2D eigenvalue weighted by molar-refractivity contribution is 0.469. The second kappa shape index (κ2) is 26.6. The summed E-state index contributed by atoms with van der Waals surface area (Å²) in [6, 6.07) is 17.7. The van der Waals surface area contributed by atoms with Gasteiger partial charge in [0, 0.05) is 12.4 Å². The molecule has 0 bridgehead atoms. The van der Waals surface area contributed by atoms with Gasteiger partial charge in [0.05, 0.1) is 0 Å². The molecule has 0 unspecified atom stereocenters. The zero-order valence-corrected chi connectivity index (χ0v) is 19.8. The number of rotatable bonds is 0. The Morgan fingerprint density at radius 3 is 0.630 bits per heavy atom. The fraction of sp³-hybridized carbons (Fsp3) is 0.577. The Morgan fingerprint density at radius 2 is 0.556 bits per heavy atom. The van der Waals surface area contributed by atoms with E-state index in [1.165, 1.54) is 0 Å². The van der Waals surface area contributed by atoms with E-state index in [2.05, 4.69) is 60.4 Å². The van der Waals surface area contributed by atoms with Crippen molar-refractivity contribution in [2.24, 2.45) is 10.8 Å². The van der Waals surface area contributed by atoms with Gasteiger partial charge in [-0.05, 0) is 23.0 Å². The first kappa shape index (κ1) is 36.3. The van der Waals surface area contributed by atoms with Gasteiger partial charge in [0.2, 0.25) is 0 Å². The topological polar surface area (TPSA) is 12.9 Å². The van der Waals surface area contributed by atoms with Crippen LogP contribution < -0.4 is 0 Å². The Bertz CT molecular complexity index is 299. The highest BCUT2D eigenvalue weighted by atomic mass is 14.6. The summed E-state index contributed by atoms with van der Waals surface area (Å²) >= 11 is 0. The fourth-order valence-electron chi connectivity index (χ4n) is 0.698. The average molecular weight is 378 g/mol. The third-order valence-electron chi connectivity index (χ3n) is 1.23. The van der Waals surface area contributed by atoms with Gasteiger partial charge in [-0.1, -0.05) is 133 Å². The van der Waals surface area contributed by atoms with Crippen molar-refractivity contribution in [3.63, 3.8) is 0 Å². The molecule has 0 aliphatic rings. The molecule has 27 heavy (non-hydrogen) atoms. The second-order valence-corrected chi connectivity index (χ2v) is 8.18. The van der Waals surface area contributed by atoms with Gasteiger partial charge in [-0.3, -0.25) is 4.98 Å². The summed E-state index contributed by atoms with van der Waals surface area (Å²) in [7, 11) is 0. The smallest absolute Gasteiger partial charge is 0.0267 e. The summed E-state index contributed by atoms with van der Waals surface area (Å²) in [5, 5.41) is 0. The van der Waals surface area contributed by atoms with E-state index < -0.39 is 0 Å². The fourth-order valence-corrected chi connectivity index (χ4v) is 0.698. The van der Waals surface area contributed by atoms with Gasteiger partial charge in [0.1, 0.15) is 0 Å². The van der Waals surface area contributed by atoms with Crippen LogP contribution in [0.1, 0.15) is 90.5 Å². The minimum atomic E-state index is 0. The van der Waals surface area contributed by atoms with Crippen LogP contribution in [0.2, 0.25) is 0 Å². The van der Waals surface area contributed by atoms with Crippen molar-refractivity contribution < 1.29 is 0 Å². The zero-order chi connectivity index (χ0) is 21.5. The molecule has 0 N–H and O–H groups in total. The molecule has 0 aliphatic heterocycles. The van der Waals surface area contributed by atoms with E-state index in [0.29, 0.717) is 10.8 Å². The molecule has 2 aromatic rings. The monoisotopic (exact) mass is 377 g/mol. The molecule has 2 rings (SSSR count). The predicted octanol–water partition coefficient (Wildman–Crippen LogP) is 9.56. The summed E-state index contributed by atoms with van der Waals surface area (Å²) in [5.74, 6) is 0. The Labute approximate surface area is 173 Å². The quantitative estimate of drug-likeness (QED) is 0.445. The minimum Gasteiger partial charge on any atom is -0.265 e. The van der Waals surface area contributed by atoms with Crippen LogP contribution in [0.25, 0.3) is 0 Å². The first-order valence-electron chi connectivity index (χ1n) is 9.85. The molecule has 1 heteroatoms. The Hall–Kier alpha value is -1.63. The van der Waals surface area contributed by atoms with Gasteiger partial charge >= 0.3 is 0 Å². The largest absolute Gasteiger partial charge is 0.265 e. The molecule has 1 aromatic heterocycles. The van der Waals surface area contributed by atoms with Crippen molar-refractivity contribution in [1.29, 1.82) is 0 Å². The first-order valence-corrected chi connectivity index (χ1v) is 9.85. The van der Waals surface area contributed by atoms with Crippen molar-refractivity contribution >= 4 is 0 Å². The van der Waals surface area contributed by atoms with E-state index in [0.717, 1.165) is 0 Å². The van der Waals surface area contributed by atoms with E-state index in [4.69, 9.17) is 0 Å². The molecule has 0 spiro atoms. The molecule has 0 aliphatic carbocycles. The molecule has 0 radical (unpaired) electrons. The Balaban J connectivity index is -0.0000000744. The average Bonchev–Trinajstić information content (AvgIpc) is 2.59. The van der Waals surface area contributed by atoms with Crippen molar-refractivity contribution in [2.75, 3.05) is 0 Å². The van der Waals surface area contributed by atoms with Gasteiger partial charge in [-0.25, -0.2) is 0 Å². The standard InChI is InChI=1S/C6H6.C5H5N.2C5H12.2C2H6.CH4/c2*1-2-4-6-5-3-1;2*1-5(2,3)4;2*1-2;/h1-6H;1-5H;2*1-4H3;2*1-2H3;1H4. The van der Waals surface area contributed by atoms with Gasteiger partial charge in [0.25, 0.3) is 0 Å². The van der Waals surface area contributed by atoms with Gasteiger partial charge < -0.3 is 0 Å². The molecular formula is C26H51N. The SMILES string of the molecule is C.CC.CC.CC(C)(C)C.CC(C)(C)C.c1ccccc1.c1ccncc1. The lowest BCUT2D eigenvalue weighted by Crippen LogP contribution is -1.93. The van der Waals surface area contributed by atoms with Crippen LogP contribution in [0.4, 0.5) is 0 Å². The molecule has 0 amide bonds. The highest BCUT2D eigenvalue weighted by Gasteiger charge is 1.96. The Morgan fingerprint density at radius 1 is 0.407 bits per heavy atom. The molecule has 1 heterocycles. The molecule has 1 aromatic carbocycles. The summed E-state index contributed by atoms with van der Waals surface area (Å²) < 4.78 is 0. The lowest BCUT2D eigenvalue weighted by Gasteiger charge is -2.05. The number of hydrogen-bond acceptors (Lipinski definition) is 1. The zero-order valence-electron chi connectivity index (χ0n) is 19.8. The third kappa shape index (κ3) is 113. The second-order valence-electron chi connectivity index (χ2n) is 8.18. The molecule has 0 saturated heterocycles. The van der Waals surface area contributed by atoms with Crippen molar-refractivity contribution in [3.8, 4) is 0 Å². The maximum Gasteiger partial charge on any atom is 0.0267 e. The molecular weight excluding hydrogens is 326 g/mol. The first-order chi connectivity index (χ1) is 12.0. The number of aromatic nitrogens is 1. The highest BCUT2D eigenvalue weighted by molar-refractivity contribution is 4.99. The minimum absolute atomic E-state index is 0. The van der Waals surface area contributed by atoms with E-state index in [1.807, 2.05) is 82.3 Å². The Kier molecular flexibility index (Phi) is 35.8. The van der Waals surface area contributed by atoms with E-state index in [9.17, 15) is 0 Å². The van der Waals surface area contributed by atoms with E-state index in [-0.39, 0.29) is 7.43 Å². The maximum absolute atomic E-state index is 3.78. The lowest BCUT2D eigenvalue weighted by atomic mass is 10.0. The maximum atomic E-state index is 3.78. The van der Waals surface area contributed by atoms with Gasteiger partial charge in [0.15, 0.2) is 0 Å². The van der Waals surface area contributed by atoms with Crippen LogP contribution in [0, 0.1) is 10.8 Å². The number of nitrogens with zero attached hydrogens (tertiary/aromatic N) is 1. The highest BCUT2D eigenvalue weighted by Crippen LogP contribution is 2.08. The van der Waals surface area contributed by atoms with Gasteiger partial charge in [-0.15, -0.1) is 0 Å². The summed E-state index contributed by atoms with van der Waals surface area (Å²) in [6.07, 6.45) is 3.50. The normalized spacial score (nSPS) is 8.44. The summed E-state index contributed by atoms with van der Waals surface area (Å²) in [4.78, 5) is 3.78. The molecule has 0 atom stereocenters. The van der Waals surface area contributed by atoms with Crippen LogP contribution in [-0.2, 0) is 0 Å². The molecule has 160 valence electrons. The number of pyridine rings is 1. The van der Waals surface area contributed by atoms with Crippen LogP contribution in [0.5, 0.6) is 0 Å².